The van der Waals surface area contributed by atoms with Crippen molar-refractivity contribution in [2.75, 3.05) is 0 Å². The van der Waals surface area contributed by atoms with Crippen LogP contribution in [-0.4, -0.2) is 20.2 Å². The molecule has 0 atom stereocenters. The van der Waals surface area contributed by atoms with Gasteiger partial charge in [0.15, 0.2) is 0 Å². The molecule has 0 saturated carbocycles. The van der Waals surface area contributed by atoms with E-state index in [1.54, 1.807) is 26.2 Å². The number of para-hydroxylation sites is 1. The normalized spacial score (nSPS) is 10.8. The molecule has 0 amide bonds. The van der Waals surface area contributed by atoms with Crippen LogP contribution in [0.15, 0.2) is 23.0 Å². The van der Waals surface area contributed by atoms with Gasteiger partial charge in [0.05, 0.1) is 16.6 Å². The molecule has 0 saturated heterocycles. The minimum atomic E-state index is -1.03. The van der Waals surface area contributed by atoms with Crippen molar-refractivity contribution < 1.29 is 9.90 Å². The fraction of sp³-hybridized carbons (Fsp3) is 0.200. The summed E-state index contributed by atoms with van der Waals surface area (Å²) in [4.78, 5) is 22.6. The molecular weight excluding hydrogens is 196 g/mol. The third-order valence-electron chi connectivity index (χ3n) is 2.52. The molecule has 0 aliphatic carbocycles. The molecule has 1 aromatic carbocycles. The summed E-state index contributed by atoms with van der Waals surface area (Å²) in [6, 6.07) is 4.85. The molecule has 1 aromatic heterocycles. The van der Waals surface area contributed by atoms with Gasteiger partial charge in [-0.25, -0.2) is 9.59 Å². The molecule has 0 aliphatic heterocycles. The highest BCUT2D eigenvalue weighted by Crippen LogP contribution is 2.16. The van der Waals surface area contributed by atoms with Crippen molar-refractivity contribution in [3.8, 4) is 0 Å². The second-order valence-electron chi connectivity index (χ2n) is 3.38. The first-order valence-corrected chi connectivity index (χ1v) is 4.41. The van der Waals surface area contributed by atoms with Crippen molar-refractivity contribution in [1.82, 2.24) is 9.13 Å². The summed E-state index contributed by atoms with van der Waals surface area (Å²) in [6.45, 7) is 0. The van der Waals surface area contributed by atoms with E-state index in [0.29, 0.717) is 11.0 Å². The molecule has 0 radical (unpaired) electrons. The van der Waals surface area contributed by atoms with E-state index in [1.165, 1.54) is 15.2 Å². The minimum Gasteiger partial charge on any atom is -0.478 e. The molecule has 0 spiro atoms. The fourth-order valence-electron chi connectivity index (χ4n) is 1.75. The fourth-order valence-corrected chi connectivity index (χ4v) is 1.75. The van der Waals surface area contributed by atoms with Crippen molar-refractivity contribution in [3.05, 3.63) is 34.2 Å². The molecule has 0 bridgehead atoms. The molecule has 2 rings (SSSR count). The molecule has 78 valence electrons. The Kier molecular flexibility index (Phi) is 1.89. The minimum absolute atomic E-state index is 0.146. The van der Waals surface area contributed by atoms with Crippen LogP contribution in [0.2, 0.25) is 0 Å². The topological polar surface area (TPSA) is 64.2 Å². The Balaban J connectivity index is 3.05. The number of imidazole rings is 1. The maximum Gasteiger partial charge on any atom is 0.337 e. The third kappa shape index (κ3) is 1.16. The van der Waals surface area contributed by atoms with E-state index in [1.807, 2.05) is 0 Å². The molecule has 1 N–H and O–H groups in total. The summed E-state index contributed by atoms with van der Waals surface area (Å²) >= 11 is 0. The Labute approximate surface area is 85.2 Å². The highest BCUT2D eigenvalue weighted by atomic mass is 16.4. The van der Waals surface area contributed by atoms with Gasteiger partial charge in [0.25, 0.3) is 0 Å². The van der Waals surface area contributed by atoms with Gasteiger partial charge in [-0.05, 0) is 12.1 Å². The number of aryl methyl sites for hydroxylation is 2. The molecule has 15 heavy (non-hydrogen) atoms. The van der Waals surface area contributed by atoms with Crippen LogP contribution in [0.3, 0.4) is 0 Å². The number of rotatable bonds is 1. The Bertz CT molecular complexity index is 607. The van der Waals surface area contributed by atoms with Gasteiger partial charge in [-0.15, -0.1) is 0 Å². The number of aromatic carboxylic acids is 1. The smallest absolute Gasteiger partial charge is 0.337 e. The first kappa shape index (κ1) is 9.51. The van der Waals surface area contributed by atoms with E-state index in [4.69, 9.17) is 5.11 Å². The van der Waals surface area contributed by atoms with Gasteiger partial charge in [-0.2, -0.15) is 0 Å². The quantitative estimate of drug-likeness (QED) is 0.742. The lowest BCUT2D eigenvalue weighted by atomic mass is 10.2. The van der Waals surface area contributed by atoms with Crippen molar-refractivity contribution in [1.29, 1.82) is 0 Å². The Hall–Kier alpha value is -2.04. The number of carbonyl (C=O) groups is 1. The number of carboxylic acid groups (broad SMARTS) is 1. The van der Waals surface area contributed by atoms with Crippen LogP contribution in [0, 0.1) is 0 Å². The summed E-state index contributed by atoms with van der Waals surface area (Å²) in [5.41, 5.74) is 1.01. The number of aromatic nitrogens is 2. The van der Waals surface area contributed by atoms with Crippen LogP contribution in [0.25, 0.3) is 11.0 Å². The zero-order valence-corrected chi connectivity index (χ0v) is 8.39. The Morgan fingerprint density at radius 2 is 1.93 bits per heavy atom. The number of nitrogens with zero attached hydrogens (tertiary/aromatic N) is 2. The summed E-state index contributed by atoms with van der Waals surface area (Å²) in [6.07, 6.45) is 0. The van der Waals surface area contributed by atoms with E-state index < -0.39 is 5.97 Å². The van der Waals surface area contributed by atoms with Gasteiger partial charge in [0.2, 0.25) is 0 Å². The number of carboxylic acids is 1. The Morgan fingerprint density at radius 3 is 2.53 bits per heavy atom. The molecule has 5 heteroatoms. The van der Waals surface area contributed by atoms with Crippen molar-refractivity contribution in [2.45, 2.75) is 0 Å². The maximum atomic E-state index is 11.6. The summed E-state index contributed by atoms with van der Waals surface area (Å²) in [5.74, 6) is -1.03. The SMILES string of the molecule is Cn1c(=O)n(C)c2c(C(=O)O)cccc21. The van der Waals surface area contributed by atoms with E-state index in [0.717, 1.165) is 0 Å². The third-order valence-corrected chi connectivity index (χ3v) is 2.52. The van der Waals surface area contributed by atoms with Crippen LogP contribution >= 0.6 is 0 Å². The summed E-state index contributed by atoms with van der Waals surface area (Å²) in [5, 5.41) is 8.98. The van der Waals surface area contributed by atoms with Gasteiger partial charge in [-0.1, -0.05) is 6.07 Å². The highest BCUT2D eigenvalue weighted by Gasteiger charge is 2.15. The van der Waals surface area contributed by atoms with Crippen molar-refractivity contribution >= 4 is 17.0 Å². The van der Waals surface area contributed by atoms with Crippen LogP contribution < -0.4 is 5.69 Å². The number of hydrogen-bond acceptors (Lipinski definition) is 2. The molecule has 2 aromatic rings. The van der Waals surface area contributed by atoms with E-state index in [2.05, 4.69) is 0 Å². The predicted octanol–water partition coefficient (Wildman–Crippen LogP) is 0.575. The maximum absolute atomic E-state index is 11.6. The van der Waals surface area contributed by atoms with Gasteiger partial charge < -0.3 is 5.11 Å². The average Bonchev–Trinajstić information content (AvgIpc) is 2.44. The molecule has 0 fully saturated rings. The van der Waals surface area contributed by atoms with Gasteiger partial charge in [-0.3, -0.25) is 9.13 Å². The predicted molar refractivity (Wildman–Crippen MR) is 55.1 cm³/mol. The molecule has 1 heterocycles. The first-order valence-electron chi connectivity index (χ1n) is 4.41. The van der Waals surface area contributed by atoms with Crippen LogP contribution in [0.1, 0.15) is 10.4 Å². The number of benzene rings is 1. The Morgan fingerprint density at radius 1 is 1.27 bits per heavy atom. The molecule has 5 nitrogen and oxygen atoms in total. The van der Waals surface area contributed by atoms with Crippen LogP contribution in [0.5, 0.6) is 0 Å². The summed E-state index contributed by atoms with van der Waals surface area (Å²) < 4.78 is 2.78. The van der Waals surface area contributed by atoms with Gasteiger partial charge >= 0.3 is 11.7 Å². The zero-order valence-electron chi connectivity index (χ0n) is 8.39. The number of fused-ring (bicyclic) bond motifs is 1. The van der Waals surface area contributed by atoms with E-state index in [9.17, 15) is 9.59 Å². The lowest BCUT2D eigenvalue weighted by Crippen LogP contribution is -2.19. The molecular formula is C10H10N2O3. The summed E-state index contributed by atoms with van der Waals surface area (Å²) in [7, 11) is 3.19. The zero-order chi connectivity index (χ0) is 11.2. The lowest BCUT2D eigenvalue weighted by molar-refractivity contribution is 0.0698. The van der Waals surface area contributed by atoms with E-state index in [-0.39, 0.29) is 11.3 Å². The monoisotopic (exact) mass is 206 g/mol. The van der Waals surface area contributed by atoms with Gasteiger partial charge in [0, 0.05) is 14.1 Å². The highest BCUT2D eigenvalue weighted by molar-refractivity contribution is 6.01. The van der Waals surface area contributed by atoms with Crippen molar-refractivity contribution in [3.63, 3.8) is 0 Å². The molecule has 0 unspecified atom stereocenters. The van der Waals surface area contributed by atoms with Gasteiger partial charge in [0.1, 0.15) is 0 Å². The standard InChI is InChI=1S/C10H10N2O3/c1-11-7-5-3-4-6(9(13)14)8(7)12(2)10(11)15/h3-5H,1-2H3,(H,13,14). The number of hydrogen-bond donors (Lipinski definition) is 1. The second-order valence-corrected chi connectivity index (χ2v) is 3.38. The van der Waals surface area contributed by atoms with Crippen molar-refractivity contribution in [2.24, 2.45) is 14.1 Å². The average molecular weight is 206 g/mol. The van der Waals surface area contributed by atoms with Crippen LogP contribution in [-0.2, 0) is 14.1 Å². The largest absolute Gasteiger partial charge is 0.478 e. The first-order chi connectivity index (χ1) is 7.04. The second kappa shape index (κ2) is 2.98. The molecule has 0 aliphatic rings. The van der Waals surface area contributed by atoms with E-state index >= 15 is 0 Å². The lowest BCUT2D eigenvalue weighted by Gasteiger charge is -1.99. The van der Waals surface area contributed by atoms with Crippen LogP contribution in [0.4, 0.5) is 0 Å².